The van der Waals surface area contributed by atoms with E-state index in [1.54, 1.807) is 0 Å². The van der Waals surface area contributed by atoms with E-state index in [0.717, 1.165) is 6.42 Å². The number of carbonyl (C=O) groups is 2. The first-order chi connectivity index (χ1) is 11.3. The van der Waals surface area contributed by atoms with Gasteiger partial charge in [0.1, 0.15) is 17.7 Å². The molecule has 0 aromatic heterocycles. The van der Waals surface area contributed by atoms with Gasteiger partial charge in [-0.3, -0.25) is 9.59 Å². The molecule has 0 N–H and O–H groups in total. The molecular formula is C18H23NO5. The van der Waals surface area contributed by atoms with Gasteiger partial charge in [0.15, 0.2) is 0 Å². The Hall–Kier alpha value is -1.72. The van der Waals surface area contributed by atoms with Gasteiger partial charge in [-0.25, -0.2) is 0 Å². The maximum atomic E-state index is 12.8. The Morgan fingerprint density at radius 1 is 1.17 bits per heavy atom. The molecule has 6 heteroatoms. The van der Waals surface area contributed by atoms with E-state index in [1.807, 2.05) is 13.8 Å². The number of nitrogens with zero attached hydrogens (tertiary/aromatic N) is 1. The number of allylic oxidation sites excluding steroid dienone is 2. The average Bonchev–Trinajstić information content (AvgIpc) is 3.06. The van der Waals surface area contributed by atoms with Gasteiger partial charge in [-0.2, -0.15) is 0 Å². The minimum Gasteiger partial charge on any atom is -0.310 e. The highest BCUT2D eigenvalue weighted by molar-refractivity contribution is 6.05. The molecule has 3 fully saturated rings. The van der Waals surface area contributed by atoms with Crippen LogP contribution in [0, 0.1) is 51.0 Å². The zero-order valence-electron chi connectivity index (χ0n) is 14.0. The fourth-order valence-corrected chi connectivity index (χ4v) is 6.19. The van der Waals surface area contributed by atoms with E-state index in [1.165, 1.54) is 0 Å². The topological polar surface area (TPSA) is 86.5 Å². The molecule has 0 aromatic carbocycles. The van der Waals surface area contributed by atoms with Crippen LogP contribution in [0.15, 0.2) is 12.2 Å². The zero-order valence-corrected chi connectivity index (χ0v) is 14.0. The first kappa shape index (κ1) is 15.8. The first-order valence-electron chi connectivity index (χ1n) is 8.82. The molecule has 24 heavy (non-hydrogen) atoms. The Balaban J connectivity index is 1.65. The second kappa shape index (κ2) is 5.14. The van der Waals surface area contributed by atoms with Crippen molar-refractivity contribution < 1.29 is 19.5 Å². The molecule has 6 nitrogen and oxygen atoms in total. The summed E-state index contributed by atoms with van der Waals surface area (Å²) in [5.74, 6) is 0.140. The molecule has 0 unspecified atom stereocenters. The summed E-state index contributed by atoms with van der Waals surface area (Å²) in [6.07, 6.45) is 6.16. The Morgan fingerprint density at radius 2 is 1.83 bits per heavy atom. The minimum absolute atomic E-state index is 0.0296. The van der Waals surface area contributed by atoms with E-state index in [4.69, 9.17) is 4.84 Å². The standard InChI is InChI=1S/C18H23NO5/c1-18(2)7-12(20)17(13(21)8-18)16-11-6-14(24-19(22)23)15(16)10-5-3-4-9(10)11/h3-4,9-11,14-17H,5-8H2,1-2H3/t9-,10+,11+,14-,15+,16-/m1/s1. The molecule has 0 aromatic rings. The van der Waals surface area contributed by atoms with Crippen LogP contribution in [0.1, 0.15) is 39.5 Å². The van der Waals surface area contributed by atoms with Crippen LogP contribution in [0.25, 0.3) is 0 Å². The van der Waals surface area contributed by atoms with Crippen molar-refractivity contribution in [3.05, 3.63) is 22.3 Å². The molecule has 2 bridgehead atoms. The highest BCUT2D eigenvalue weighted by Gasteiger charge is 2.64. The molecule has 0 radical (unpaired) electrons. The maximum Gasteiger partial charge on any atom is 0.294 e. The number of rotatable bonds is 3. The fourth-order valence-electron chi connectivity index (χ4n) is 6.19. The van der Waals surface area contributed by atoms with Crippen LogP contribution < -0.4 is 0 Å². The van der Waals surface area contributed by atoms with E-state index < -0.39 is 17.1 Å². The van der Waals surface area contributed by atoms with Crippen LogP contribution in [-0.4, -0.2) is 22.8 Å². The molecule has 4 rings (SSSR count). The lowest BCUT2D eigenvalue weighted by molar-refractivity contribution is -0.770. The van der Waals surface area contributed by atoms with Crippen molar-refractivity contribution in [3.63, 3.8) is 0 Å². The molecule has 4 aliphatic rings. The monoisotopic (exact) mass is 333 g/mol. The molecule has 4 aliphatic carbocycles. The Kier molecular flexibility index (Phi) is 3.38. The van der Waals surface area contributed by atoms with Gasteiger partial charge in [0.05, 0.1) is 5.92 Å². The summed E-state index contributed by atoms with van der Waals surface area (Å²) in [6, 6.07) is 0. The largest absolute Gasteiger partial charge is 0.310 e. The fraction of sp³-hybridized carbons (Fsp3) is 0.778. The van der Waals surface area contributed by atoms with Gasteiger partial charge >= 0.3 is 0 Å². The van der Waals surface area contributed by atoms with Crippen LogP contribution in [0.5, 0.6) is 0 Å². The van der Waals surface area contributed by atoms with Crippen molar-refractivity contribution in [1.82, 2.24) is 0 Å². The van der Waals surface area contributed by atoms with Crippen molar-refractivity contribution in [3.8, 4) is 0 Å². The number of carbonyl (C=O) groups excluding carboxylic acids is 2. The van der Waals surface area contributed by atoms with Gasteiger partial charge in [0, 0.05) is 12.8 Å². The molecular weight excluding hydrogens is 310 g/mol. The van der Waals surface area contributed by atoms with Crippen LogP contribution in [0.2, 0.25) is 0 Å². The zero-order chi connectivity index (χ0) is 17.2. The predicted molar refractivity (Wildman–Crippen MR) is 84.2 cm³/mol. The number of hydrogen-bond acceptors (Lipinski definition) is 5. The van der Waals surface area contributed by atoms with E-state index in [2.05, 4.69) is 12.2 Å². The van der Waals surface area contributed by atoms with Gasteiger partial charge < -0.3 is 4.84 Å². The lowest BCUT2D eigenvalue weighted by Gasteiger charge is -2.36. The molecule has 3 saturated carbocycles. The van der Waals surface area contributed by atoms with Crippen molar-refractivity contribution in [2.24, 2.45) is 40.9 Å². The molecule has 0 amide bonds. The number of hydrogen-bond donors (Lipinski definition) is 0. The third-order valence-electron chi connectivity index (χ3n) is 6.73. The number of ketones is 2. The molecule has 0 saturated heterocycles. The van der Waals surface area contributed by atoms with Gasteiger partial charge in [0.2, 0.25) is 0 Å². The van der Waals surface area contributed by atoms with E-state index in [0.29, 0.717) is 25.2 Å². The Labute approximate surface area is 140 Å². The molecule has 130 valence electrons. The highest BCUT2D eigenvalue weighted by atomic mass is 17.0. The third kappa shape index (κ3) is 2.22. The van der Waals surface area contributed by atoms with Gasteiger partial charge in [0.25, 0.3) is 5.09 Å². The van der Waals surface area contributed by atoms with E-state index >= 15 is 0 Å². The summed E-state index contributed by atoms with van der Waals surface area (Å²) >= 11 is 0. The van der Waals surface area contributed by atoms with Gasteiger partial charge in [-0.15, -0.1) is 10.1 Å². The normalized spacial score (nSPS) is 43.2. The third-order valence-corrected chi connectivity index (χ3v) is 6.73. The number of fused-ring (bicyclic) bond motifs is 5. The van der Waals surface area contributed by atoms with Crippen molar-refractivity contribution in [1.29, 1.82) is 0 Å². The van der Waals surface area contributed by atoms with Crippen LogP contribution in [-0.2, 0) is 14.4 Å². The lowest BCUT2D eigenvalue weighted by atomic mass is 9.65. The van der Waals surface area contributed by atoms with Crippen molar-refractivity contribution in [2.45, 2.75) is 45.6 Å². The summed E-state index contributed by atoms with van der Waals surface area (Å²) in [6.45, 7) is 3.91. The highest BCUT2D eigenvalue weighted by Crippen LogP contribution is 2.63. The van der Waals surface area contributed by atoms with Crippen molar-refractivity contribution >= 4 is 11.6 Å². The summed E-state index contributed by atoms with van der Waals surface area (Å²) in [5.41, 5.74) is -0.269. The Morgan fingerprint density at radius 3 is 2.46 bits per heavy atom. The van der Waals surface area contributed by atoms with Gasteiger partial charge in [-0.05, 0) is 47.8 Å². The van der Waals surface area contributed by atoms with Crippen LogP contribution in [0.4, 0.5) is 0 Å². The molecule has 0 aliphatic heterocycles. The summed E-state index contributed by atoms with van der Waals surface area (Å²) in [4.78, 5) is 41.3. The van der Waals surface area contributed by atoms with E-state index in [-0.39, 0.29) is 40.7 Å². The summed E-state index contributed by atoms with van der Waals surface area (Å²) < 4.78 is 0. The second-order valence-corrected chi connectivity index (χ2v) is 8.75. The minimum atomic E-state index is -0.715. The SMILES string of the molecule is CC1(C)CC(=O)C([C@@H]2[C@H]3C[C@@H](O[N+](=O)[O-])[C@@H]2[C@H]2CC=C[C@@H]32)C(=O)C1. The smallest absolute Gasteiger partial charge is 0.294 e. The lowest BCUT2D eigenvalue weighted by Crippen LogP contribution is -2.44. The molecule has 6 atom stereocenters. The predicted octanol–water partition coefficient (Wildman–Crippen LogP) is 2.60. The average molecular weight is 333 g/mol. The summed E-state index contributed by atoms with van der Waals surface area (Å²) in [7, 11) is 0. The van der Waals surface area contributed by atoms with Crippen LogP contribution in [0.3, 0.4) is 0 Å². The number of Topliss-reactive ketones (excluding diaryl/α,β-unsaturated/α-hetero) is 2. The summed E-state index contributed by atoms with van der Waals surface area (Å²) in [5, 5.41) is 10.1. The van der Waals surface area contributed by atoms with Crippen molar-refractivity contribution in [2.75, 3.05) is 0 Å². The second-order valence-electron chi connectivity index (χ2n) is 8.75. The first-order valence-corrected chi connectivity index (χ1v) is 8.82. The molecule has 0 spiro atoms. The Bertz CT molecular complexity index is 619. The molecule has 0 heterocycles. The van der Waals surface area contributed by atoms with E-state index in [9.17, 15) is 19.7 Å². The van der Waals surface area contributed by atoms with Crippen LogP contribution >= 0.6 is 0 Å². The van der Waals surface area contributed by atoms with Gasteiger partial charge in [-0.1, -0.05) is 26.0 Å². The quantitative estimate of drug-likeness (QED) is 0.343. The maximum absolute atomic E-state index is 12.8.